The number of aldehydes is 1. The van der Waals surface area contributed by atoms with E-state index >= 15 is 0 Å². The fourth-order valence-electron chi connectivity index (χ4n) is 4.22. The molecule has 1 aliphatic rings. The molecule has 0 aromatic heterocycles. The molecule has 0 spiro atoms. The van der Waals surface area contributed by atoms with Gasteiger partial charge in [-0.25, -0.2) is 0 Å². The molecule has 0 aliphatic heterocycles. The summed E-state index contributed by atoms with van der Waals surface area (Å²) in [5, 5.41) is 13.1. The summed E-state index contributed by atoms with van der Waals surface area (Å²) in [5.41, 5.74) is 2.30. The van der Waals surface area contributed by atoms with Gasteiger partial charge in [0.1, 0.15) is 6.29 Å². The molecular formula is C22H22BrNO3. The van der Waals surface area contributed by atoms with Crippen LogP contribution in [0.15, 0.2) is 72.3 Å². The predicted octanol–water partition coefficient (Wildman–Crippen LogP) is 5.13. The number of hydrogen-bond donors (Lipinski definition) is 0. The Morgan fingerprint density at radius 2 is 1.59 bits per heavy atom. The molecule has 5 heteroatoms. The zero-order valence-corrected chi connectivity index (χ0v) is 16.5. The van der Waals surface area contributed by atoms with Crippen molar-refractivity contribution in [3.8, 4) is 0 Å². The van der Waals surface area contributed by atoms with Gasteiger partial charge in [0.2, 0.25) is 6.04 Å². The van der Waals surface area contributed by atoms with E-state index in [2.05, 4.69) is 15.9 Å². The number of hydrogen-bond acceptors (Lipinski definition) is 3. The van der Waals surface area contributed by atoms with Gasteiger partial charge in [-0.1, -0.05) is 82.7 Å². The highest BCUT2D eigenvalue weighted by Gasteiger charge is 2.48. The van der Waals surface area contributed by atoms with Crippen molar-refractivity contribution in [2.24, 2.45) is 5.92 Å². The maximum atomic E-state index is 12.3. The van der Waals surface area contributed by atoms with E-state index in [-0.39, 0.29) is 16.8 Å². The Labute approximate surface area is 167 Å². The first kappa shape index (κ1) is 19.5. The Kier molecular flexibility index (Phi) is 6.56. The lowest BCUT2D eigenvalue weighted by molar-refractivity contribution is -0.531. The monoisotopic (exact) mass is 427 g/mol. The first-order valence-electron chi connectivity index (χ1n) is 9.13. The summed E-state index contributed by atoms with van der Waals surface area (Å²) in [7, 11) is 0. The maximum absolute atomic E-state index is 12.3. The van der Waals surface area contributed by atoms with E-state index in [0.29, 0.717) is 5.57 Å². The van der Waals surface area contributed by atoms with E-state index in [1.54, 1.807) is 0 Å². The number of alkyl halides is 1. The minimum atomic E-state index is -0.875. The van der Waals surface area contributed by atoms with Crippen molar-refractivity contribution < 1.29 is 9.72 Å². The van der Waals surface area contributed by atoms with Crippen LogP contribution in [0.2, 0.25) is 0 Å². The minimum Gasteiger partial charge on any atom is -0.298 e. The van der Waals surface area contributed by atoms with Gasteiger partial charge in [0, 0.05) is 15.8 Å². The van der Waals surface area contributed by atoms with Crippen LogP contribution in [0.5, 0.6) is 0 Å². The molecule has 4 atom stereocenters. The average Bonchev–Trinajstić information content (AvgIpc) is 2.72. The van der Waals surface area contributed by atoms with Crippen LogP contribution in [0.4, 0.5) is 0 Å². The van der Waals surface area contributed by atoms with Crippen molar-refractivity contribution in [2.75, 3.05) is 5.33 Å². The van der Waals surface area contributed by atoms with E-state index in [0.717, 1.165) is 35.6 Å². The number of halogens is 1. The Morgan fingerprint density at radius 3 is 2.11 bits per heavy atom. The third-order valence-corrected chi connectivity index (χ3v) is 5.89. The predicted molar refractivity (Wildman–Crippen MR) is 110 cm³/mol. The minimum absolute atomic E-state index is 0.0412. The average molecular weight is 428 g/mol. The van der Waals surface area contributed by atoms with Gasteiger partial charge in [-0.15, -0.1) is 0 Å². The number of carbonyl (C=O) groups excluding carboxylic acids is 1. The van der Waals surface area contributed by atoms with Crippen LogP contribution in [0.1, 0.15) is 35.8 Å². The van der Waals surface area contributed by atoms with Crippen molar-refractivity contribution in [3.05, 3.63) is 93.6 Å². The largest absolute Gasteiger partial charge is 0.298 e. The van der Waals surface area contributed by atoms with Crippen molar-refractivity contribution in [2.45, 2.75) is 30.7 Å². The molecular weight excluding hydrogens is 406 g/mol. The van der Waals surface area contributed by atoms with Crippen molar-refractivity contribution in [1.82, 2.24) is 0 Å². The lowest BCUT2D eigenvalue weighted by Crippen LogP contribution is -2.41. The SMILES string of the molecule is O=CC1=C[C@H](CCCBr)[C@@H](c2ccccc2)[C@@H]([N+](=O)[O-])[C@@H]1c1ccccc1. The van der Waals surface area contributed by atoms with E-state index in [9.17, 15) is 14.9 Å². The standard InChI is InChI=1S/C22H22BrNO3/c23-13-7-12-18-14-19(15-25)21(17-10-5-2-6-11-17)22(24(26)27)20(18)16-8-3-1-4-9-16/h1-6,8-11,14-15,18,20-22H,7,12-13H2/t18-,20+,21+,22+/m0/s1. The lowest BCUT2D eigenvalue weighted by atomic mass is 9.66. The molecule has 4 nitrogen and oxygen atoms in total. The molecule has 0 amide bonds. The summed E-state index contributed by atoms with van der Waals surface area (Å²) < 4.78 is 0. The number of carbonyl (C=O) groups is 1. The van der Waals surface area contributed by atoms with Crippen LogP contribution in [0.25, 0.3) is 0 Å². The highest BCUT2D eigenvalue weighted by molar-refractivity contribution is 9.09. The van der Waals surface area contributed by atoms with E-state index in [1.807, 2.05) is 66.7 Å². The summed E-state index contributed by atoms with van der Waals surface area (Å²) >= 11 is 3.45. The van der Waals surface area contributed by atoms with Crippen LogP contribution in [-0.2, 0) is 4.79 Å². The van der Waals surface area contributed by atoms with Gasteiger partial charge < -0.3 is 0 Å². The summed E-state index contributed by atoms with van der Waals surface area (Å²) in [4.78, 5) is 23.9. The molecule has 0 radical (unpaired) electrons. The van der Waals surface area contributed by atoms with Crippen molar-refractivity contribution in [3.63, 3.8) is 0 Å². The zero-order valence-electron chi connectivity index (χ0n) is 14.9. The van der Waals surface area contributed by atoms with Gasteiger partial charge in [-0.3, -0.25) is 14.9 Å². The lowest BCUT2D eigenvalue weighted by Gasteiger charge is -2.37. The first-order valence-corrected chi connectivity index (χ1v) is 10.3. The van der Waals surface area contributed by atoms with Crippen LogP contribution < -0.4 is 0 Å². The van der Waals surface area contributed by atoms with Gasteiger partial charge in [-0.2, -0.15) is 0 Å². The van der Waals surface area contributed by atoms with Gasteiger partial charge in [0.25, 0.3) is 0 Å². The summed E-state index contributed by atoms with van der Waals surface area (Å²) in [6, 6.07) is 18.2. The fourth-order valence-corrected chi connectivity index (χ4v) is 4.55. The number of benzene rings is 2. The molecule has 0 heterocycles. The third kappa shape index (κ3) is 4.19. The second-order valence-corrected chi connectivity index (χ2v) is 7.67. The highest BCUT2D eigenvalue weighted by atomic mass is 79.9. The normalized spacial score (nSPS) is 24.9. The molecule has 0 saturated heterocycles. The molecule has 0 unspecified atom stereocenters. The molecule has 3 rings (SSSR count). The Hall–Kier alpha value is -2.27. The number of allylic oxidation sites excluding steroid dienone is 1. The topological polar surface area (TPSA) is 60.2 Å². The van der Waals surface area contributed by atoms with Gasteiger partial charge in [-0.05, 0) is 29.9 Å². The van der Waals surface area contributed by atoms with Gasteiger partial charge in [0.05, 0.1) is 11.8 Å². The van der Waals surface area contributed by atoms with E-state index in [4.69, 9.17) is 0 Å². The molecule has 140 valence electrons. The second kappa shape index (κ2) is 9.09. The van der Waals surface area contributed by atoms with Crippen LogP contribution in [-0.4, -0.2) is 22.6 Å². The molecule has 0 N–H and O–H groups in total. The summed E-state index contributed by atoms with van der Waals surface area (Å²) in [5.74, 6) is -0.848. The number of nitro groups is 1. The number of nitrogens with zero attached hydrogens (tertiary/aromatic N) is 1. The Morgan fingerprint density at radius 1 is 1.00 bits per heavy atom. The number of rotatable bonds is 7. The molecule has 2 aromatic rings. The Bertz CT molecular complexity index is 807. The van der Waals surface area contributed by atoms with Crippen LogP contribution >= 0.6 is 15.9 Å². The molecule has 1 aliphatic carbocycles. The summed E-state index contributed by atoms with van der Waals surface area (Å²) in [6.45, 7) is 0. The van der Waals surface area contributed by atoms with E-state index in [1.165, 1.54) is 0 Å². The van der Waals surface area contributed by atoms with Gasteiger partial charge in [0.15, 0.2) is 0 Å². The smallest absolute Gasteiger partial charge is 0.231 e. The third-order valence-electron chi connectivity index (χ3n) is 5.33. The molecule has 2 aromatic carbocycles. The molecule has 0 bridgehead atoms. The zero-order chi connectivity index (χ0) is 19.2. The fraction of sp³-hybridized carbons (Fsp3) is 0.318. The quantitative estimate of drug-likeness (QED) is 0.266. The summed E-state index contributed by atoms with van der Waals surface area (Å²) in [6.07, 6.45) is 4.48. The molecule has 27 heavy (non-hydrogen) atoms. The van der Waals surface area contributed by atoms with Crippen molar-refractivity contribution >= 4 is 22.2 Å². The maximum Gasteiger partial charge on any atom is 0.231 e. The highest BCUT2D eigenvalue weighted by Crippen LogP contribution is 2.46. The molecule has 0 saturated carbocycles. The van der Waals surface area contributed by atoms with Crippen molar-refractivity contribution in [1.29, 1.82) is 0 Å². The first-order chi connectivity index (χ1) is 13.2. The van der Waals surface area contributed by atoms with E-state index < -0.39 is 12.0 Å². The van der Waals surface area contributed by atoms with Gasteiger partial charge >= 0.3 is 0 Å². The van der Waals surface area contributed by atoms with Crippen LogP contribution in [0, 0.1) is 16.0 Å². The van der Waals surface area contributed by atoms with Crippen LogP contribution in [0.3, 0.4) is 0 Å². The second-order valence-electron chi connectivity index (χ2n) is 6.88. The Balaban J connectivity index is 2.16. The molecule has 0 fully saturated rings.